The topological polar surface area (TPSA) is 56.1 Å². The number of hydrogen-bond acceptors (Lipinski definition) is 3. The Kier molecular flexibility index (Phi) is 5.20. The highest BCUT2D eigenvalue weighted by atomic mass is 19.1. The van der Waals surface area contributed by atoms with Crippen molar-refractivity contribution in [3.05, 3.63) is 41.8 Å². The van der Waals surface area contributed by atoms with Gasteiger partial charge in [-0.2, -0.15) is 5.10 Å². The van der Waals surface area contributed by atoms with E-state index in [0.29, 0.717) is 11.6 Å². The molecule has 5 nitrogen and oxygen atoms in total. The fraction of sp³-hybridized carbons (Fsp3) is 0.474. The number of hydrogen-bond donors (Lipinski definition) is 1. The summed E-state index contributed by atoms with van der Waals surface area (Å²) in [7, 11) is 0. The van der Waals surface area contributed by atoms with Crippen LogP contribution in [0, 0.1) is 5.82 Å². The van der Waals surface area contributed by atoms with E-state index in [1.807, 2.05) is 31.5 Å². The molecule has 0 saturated carbocycles. The van der Waals surface area contributed by atoms with Gasteiger partial charge in [0.1, 0.15) is 17.4 Å². The lowest BCUT2D eigenvalue weighted by Gasteiger charge is -2.23. The van der Waals surface area contributed by atoms with Gasteiger partial charge in [0, 0.05) is 11.5 Å². The van der Waals surface area contributed by atoms with E-state index in [0.717, 1.165) is 5.69 Å². The molecule has 1 aromatic heterocycles. The smallest absolute Gasteiger partial charge is 0.263 e. The minimum absolute atomic E-state index is 0.124. The molecule has 2 aromatic rings. The van der Waals surface area contributed by atoms with Crippen molar-refractivity contribution in [2.24, 2.45) is 0 Å². The van der Waals surface area contributed by atoms with Crippen LogP contribution >= 0.6 is 0 Å². The Morgan fingerprint density at radius 3 is 2.28 bits per heavy atom. The molecule has 0 saturated heterocycles. The van der Waals surface area contributed by atoms with E-state index in [1.54, 1.807) is 0 Å². The zero-order valence-corrected chi connectivity index (χ0v) is 15.7. The van der Waals surface area contributed by atoms with Crippen LogP contribution in [0.5, 0.6) is 5.75 Å². The summed E-state index contributed by atoms with van der Waals surface area (Å²) in [5, 5.41) is 7.51. The molecule has 0 radical (unpaired) electrons. The van der Waals surface area contributed by atoms with Crippen molar-refractivity contribution in [2.75, 3.05) is 11.9 Å². The number of halogens is 1. The Morgan fingerprint density at radius 1 is 1.16 bits per heavy atom. The van der Waals surface area contributed by atoms with Crippen LogP contribution in [0.1, 0.15) is 47.2 Å². The maximum Gasteiger partial charge on any atom is 0.263 e. The van der Waals surface area contributed by atoms with E-state index < -0.39 is 0 Å². The number of nitrogens with one attached hydrogen (secondary N) is 1. The number of carbonyl (C=O) groups excluding carboxylic acids is 1. The molecule has 0 unspecified atom stereocenters. The van der Waals surface area contributed by atoms with Crippen molar-refractivity contribution in [2.45, 2.75) is 52.5 Å². The molecule has 0 spiro atoms. The number of nitrogens with zero attached hydrogens (tertiary/aromatic N) is 2. The van der Waals surface area contributed by atoms with Crippen LogP contribution in [0.25, 0.3) is 0 Å². The van der Waals surface area contributed by atoms with Gasteiger partial charge in [-0.1, -0.05) is 20.8 Å². The van der Waals surface area contributed by atoms with E-state index in [-0.39, 0.29) is 29.3 Å². The number of aromatic nitrogens is 2. The summed E-state index contributed by atoms with van der Waals surface area (Å²) < 4.78 is 20.1. The molecular weight excluding hydrogens is 321 g/mol. The zero-order valence-electron chi connectivity index (χ0n) is 15.7. The van der Waals surface area contributed by atoms with Crippen molar-refractivity contribution in [1.82, 2.24) is 9.78 Å². The van der Waals surface area contributed by atoms with Crippen molar-refractivity contribution in [3.8, 4) is 5.75 Å². The van der Waals surface area contributed by atoms with Crippen LogP contribution < -0.4 is 10.1 Å². The molecule has 0 bridgehead atoms. The molecule has 1 amide bonds. The fourth-order valence-electron chi connectivity index (χ4n) is 2.21. The maximum atomic E-state index is 12.9. The summed E-state index contributed by atoms with van der Waals surface area (Å²) in [6.07, 6.45) is 0. The zero-order chi connectivity index (χ0) is 18.8. The van der Waals surface area contributed by atoms with Crippen molar-refractivity contribution >= 4 is 11.7 Å². The predicted octanol–water partition coefficient (Wildman–Crippen LogP) is 4.09. The summed E-state index contributed by atoms with van der Waals surface area (Å²) in [6, 6.07) is 7.44. The molecule has 25 heavy (non-hydrogen) atoms. The van der Waals surface area contributed by atoms with Crippen LogP contribution in [0.15, 0.2) is 30.3 Å². The van der Waals surface area contributed by atoms with Gasteiger partial charge in [0.25, 0.3) is 5.91 Å². The monoisotopic (exact) mass is 347 g/mol. The second-order valence-electron chi connectivity index (χ2n) is 8.04. The highest BCUT2D eigenvalue weighted by Gasteiger charge is 2.25. The Morgan fingerprint density at radius 2 is 1.76 bits per heavy atom. The molecular formula is C19H26FN3O2. The summed E-state index contributed by atoms with van der Waals surface area (Å²) in [6.45, 7) is 12.1. The van der Waals surface area contributed by atoms with E-state index >= 15 is 0 Å². The van der Waals surface area contributed by atoms with Crippen molar-refractivity contribution in [3.63, 3.8) is 0 Å². The third kappa shape index (κ3) is 5.05. The third-order valence-corrected chi connectivity index (χ3v) is 3.56. The number of anilines is 1. The summed E-state index contributed by atoms with van der Waals surface area (Å²) in [5.41, 5.74) is 0.502. The SMILES string of the molecule is CC(C)(C)c1cc(NC(=O)COc2ccc(F)cc2)n(C(C)(C)C)n1. The first-order chi connectivity index (χ1) is 11.5. The lowest BCUT2D eigenvalue weighted by Crippen LogP contribution is -2.28. The summed E-state index contributed by atoms with van der Waals surface area (Å²) >= 11 is 0. The first kappa shape index (κ1) is 19.0. The Bertz CT molecular complexity index is 738. The van der Waals surface area contributed by atoms with Crippen LogP contribution in [0.3, 0.4) is 0 Å². The standard InChI is InChI=1S/C19H26FN3O2/c1-18(2,3)15-11-16(23(22-15)19(4,5)6)21-17(24)12-25-14-9-7-13(20)8-10-14/h7-11H,12H2,1-6H3,(H,21,24). The normalized spacial score (nSPS) is 12.1. The molecule has 0 atom stereocenters. The highest BCUT2D eigenvalue weighted by molar-refractivity contribution is 5.91. The predicted molar refractivity (Wildman–Crippen MR) is 96.4 cm³/mol. The Balaban J connectivity index is 2.11. The quantitative estimate of drug-likeness (QED) is 0.906. The van der Waals surface area contributed by atoms with Gasteiger partial charge in [0.2, 0.25) is 0 Å². The number of amides is 1. The number of rotatable bonds is 4. The van der Waals surface area contributed by atoms with Gasteiger partial charge in [0.15, 0.2) is 6.61 Å². The second-order valence-corrected chi connectivity index (χ2v) is 8.04. The average molecular weight is 347 g/mol. The molecule has 0 fully saturated rings. The Hall–Kier alpha value is -2.37. The highest BCUT2D eigenvalue weighted by Crippen LogP contribution is 2.28. The van der Waals surface area contributed by atoms with Crippen LogP contribution in [-0.4, -0.2) is 22.3 Å². The minimum atomic E-state index is -0.347. The molecule has 1 N–H and O–H groups in total. The summed E-state index contributed by atoms with van der Waals surface area (Å²) in [4.78, 5) is 12.2. The van der Waals surface area contributed by atoms with E-state index in [2.05, 4.69) is 31.2 Å². The second kappa shape index (κ2) is 6.86. The molecule has 0 aliphatic rings. The number of ether oxygens (including phenoxy) is 1. The first-order valence-electron chi connectivity index (χ1n) is 8.26. The van der Waals surface area contributed by atoms with Gasteiger partial charge >= 0.3 is 0 Å². The average Bonchev–Trinajstić information content (AvgIpc) is 2.91. The number of benzene rings is 1. The molecule has 2 rings (SSSR count). The molecule has 1 heterocycles. The molecule has 136 valence electrons. The van der Waals surface area contributed by atoms with Gasteiger partial charge in [-0.3, -0.25) is 4.79 Å². The Labute approximate surface area is 148 Å². The summed E-state index contributed by atoms with van der Waals surface area (Å²) in [5.74, 6) is 0.428. The maximum absolute atomic E-state index is 12.9. The lowest BCUT2D eigenvalue weighted by molar-refractivity contribution is -0.118. The van der Waals surface area contributed by atoms with Gasteiger partial charge in [-0.15, -0.1) is 0 Å². The van der Waals surface area contributed by atoms with Gasteiger partial charge in [-0.25, -0.2) is 9.07 Å². The van der Waals surface area contributed by atoms with Crippen molar-refractivity contribution in [1.29, 1.82) is 0 Å². The van der Waals surface area contributed by atoms with Crippen LogP contribution in [0.2, 0.25) is 0 Å². The van der Waals surface area contributed by atoms with Gasteiger partial charge in [0.05, 0.1) is 11.2 Å². The van der Waals surface area contributed by atoms with E-state index in [9.17, 15) is 9.18 Å². The molecule has 6 heteroatoms. The van der Waals surface area contributed by atoms with E-state index in [4.69, 9.17) is 4.74 Å². The van der Waals surface area contributed by atoms with Crippen molar-refractivity contribution < 1.29 is 13.9 Å². The van der Waals surface area contributed by atoms with E-state index in [1.165, 1.54) is 24.3 Å². The third-order valence-electron chi connectivity index (χ3n) is 3.56. The first-order valence-corrected chi connectivity index (χ1v) is 8.26. The largest absolute Gasteiger partial charge is 0.484 e. The minimum Gasteiger partial charge on any atom is -0.484 e. The molecule has 0 aliphatic heterocycles. The molecule has 0 aliphatic carbocycles. The van der Waals surface area contributed by atoms with Crippen LogP contribution in [0.4, 0.5) is 10.2 Å². The number of carbonyl (C=O) groups is 1. The van der Waals surface area contributed by atoms with Gasteiger partial charge in [-0.05, 0) is 45.0 Å². The lowest BCUT2D eigenvalue weighted by atomic mass is 9.92. The molecule has 1 aromatic carbocycles. The fourth-order valence-corrected chi connectivity index (χ4v) is 2.21. The van der Waals surface area contributed by atoms with Gasteiger partial charge < -0.3 is 10.1 Å². The van der Waals surface area contributed by atoms with Crippen LogP contribution in [-0.2, 0) is 15.7 Å².